The van der Waals surface area contributed by atoms with Gasteiger partial charge < -0.3 is 20.7 Å². The van der Waals surface area contributed by atoms with E-state index in [1.807, 2.05) is 61.5 Å². The highest BCUT2D eigenvalue weighted by molar-refractivity contribution is 5.97. The van der Waals surface area contributed by atoms with Crippen LogP contribution in [0, 0.1) is 18.3 Å². The largest absolute Gasteiger partial charge is 0.382 e. The zero-order valence-electron chi connectivity index (χ0n) is 22.2. The lowest BCUT2D eigenvalue weighted by Crippen LogP contribution is -2.36. The molecule has 1 saturated heterocycles. The highest BCUT2D eigenvalue weighted by Crippen LogP contribution is 2.28. The van der Waals surface area contributed by atoms with Gasteiger partial charge in [-0.05, 0) is 67.6 Å². The van der Waals surface area contributed by atoms with Gasteiger partial charge in [0.05, 0.1) is 36.2 Å². The Bertz CT molecular complexity index is 1550. The van der Waals surface area contributed by atoms with Gasteiger partial charge in [0.25, 0.3) is 0 Å². The molecule has 0 amide bonds. The van der Waals surface area contributed by atoms with Gasteiger partial charge in [0.2, 0.25) is 5.95 Å². The molecule has 0 aliphatic carbocycles. The molecule has 5 rings (SSSR count). The molecular formula is C30H29N9O. The van der Waals surface area contributed by atoms with Crippen LogP contribution in [0.5, 0.6) is 0 Å². The standard InChI is InChI=1S/C30H29N9O/c1-3-39(37-29(32)23-5-4-21(2)34-20-23)26-8-6-25(7-9-26)35-30-33-11-10-28(36-30)24-16-22(19-31)17-27(18-24)38-12-14-40-15-13-38/h3-11,16-18,20H,1,12-15H2,2H3,(H2,32,37)(H,33,35,36). The molecule has 1 fully saturated rings. The maximum absolute atomic E-state index is 9.61. The van der Waals surface area contributed by atoms with E-state index in [0.29, 0.717) is 36.3 Å². The van der Waals surface area contributed by atoms with E-state index >= 15 is 0 Å². The van der Waals surface area contributed by atoms with Gasteiger partial charge in [-0.1, -0.05) is 6.58 Å². The van der Waals surface area contributed by atoms with Crippen LogP contribution >= 0.6 is 0 Å². The first-order valence-corrected chi connectivity index (χ1v) is 12.8. The van der Waals surface area contributed by atoms with Crippen LogP contribution in [-0.2, 0) is 4.74 Å². The summed E-state index contributed by atoms with van der Waals surface area (Å²) in [5.41, 5.74) is 12.5. The number of morpholine rings is 1. The summed E-state index contributed by atoms with van der Waals surface area (Å²) in [7, 11) is 0. The summed E-state index contributed by atoms with van der Waals surface area (Å²) in [6, 6.07) is 21.2. The fraction of sp³-hybridized carbons (Fsp3) is 0.167. The zero-order valence-corrected chi connectivity index (χ0v) is 22.2. The van der Waals surface area contributed by atoms with Gasteiger partial charge in [-0.2, -0.15) is 10.4 Å². The van der Waals surface area contributed by atoms with Crippen LogP contribution < -0.4 is 21.0 Å². The molecule has 0 atom stereocenters. The van der Waals surface area contributed by atoms with Gasteiger partial charge in [0.1, 0.15) is 0 Å². The van der Waals surface area contributed by atoms with Crippen molar-refractivity contribution in [1.82, 2.24) is 15.0 Å². The molecule has 4 aromatic rings. The number of hydrogen-bond acceptors (Lipinski definition) is 9. The van der Waals surface area contributed by atoms with Crippen LogP contribution in [0.1, 0.15) is 16.8 Å². The number of nitrogens with zero attached hydrogens (tertiary/aromatic N) is 7. The molecule has 0 unspecified atom stereocenters. The predicted molar refractivity (Wildman–Crippen MR) is 157 cm³/mol. The predicted octanol–water partition coefficient (Wildman–Crippen LogP) is 4.57. The summed E-state index contributed by atoms with van der Waals surface area (Å²) in [5, 5.41) is 18.9. The molecule has 0 radical (unpaired) electrons. The molecule has 2 aromatic carbocycles. The summed E-state index contributed by atoms with van der Waals surface area (Å²) in [6.45, 7) is 8.67. The SMILES string of the molecule is C=CN(/N=C(\N)c1ccc(C)nc1)c1ccc(Nc2nccc(-c3cc(C#N)cc(N4CCOCC4)c3)n2)cc1. The van der Waals surface area contributed by atoms with Gasteiger partial charge in [-0.25, -0.2) is 15.0 Å². The van der Waals surface area contributed by atoms with E-state index in [-0.39, 0.29) is 0 Å². The molecule has 1 aliphatic rings. The Morgan fingerprint density at radius 3 is 2.62 bits per heavy atom. The zero-order chi connectivity index (χ0) is 27.9. The van der Waals surface area contributed by atoms with Gasteiger partial charge in [-0.15, -0.1) is 0 Å². The molecule has 40 heavy (non-hydrogen) atoms. The fourth-order valence-electron chi connectivity index (χ4n) is 4.23. The van der Waals surface area contributed by atoms with Crippen LogP contribution in [0.15, 0.2) is 90.9 Å². The van der Waals surface area contributed by atoms with E-state index in [1.165, 1.54) is 0 Å². The van der Waals surface area contributed by atoms with Crippen molar-refractivity contribution in [1.29, 1.82) is 5.26 Å². The van der Waals surface area contributed by atoms with Gasteiger partial charge in [0, 0.05) is 59.9 Å². The molecule has 2 aromatic heterocycles. The molecule has 10 heteroatoms. The topological polar surface area (TPSA) is 129 Å². The van der Waals surface area contributed by atoms with Crippen LogP contribution in [0.3, 0.4) is 0 Å². The van der Waals surface area contributed by atoms with Gasteiger partial charge in [-0.3, -0.25) is 4.98 Å². The van der Waals surface area contributed by atoms with Crippen molar-refractivity contribution in [3.63, 3.8) is 0 Å². The summed E-state index contributed by atoms with van der Waals surface area (Å²) in [4.78, 5) is 15.6. The number of nitrogens with two attached hydrogens (primary N) is 1. The Morgan fingerprint density at radius 1 is 1.12 bits per heavy atom. The minimum Gasteiger partial charge on any atom is -0.382 e. The van der Waals surface area contributed by atoms with Crippen molar-refractivity contribution < 1.29 is 4.74 Å². The molecule has 0 saturated carbocycles. The van der Waals surface area contributed by atoms with E-state index in [0.717, 1.165) is 47.0 Å². The summed E-state index contributed by atoms with van der Waals surface area (Å²) in [5.74, 6) is 0.771. The van der Waals surface area contributed by atoms with Crippen LogP contribution in [0.4, 0.5) is 23.0 Å². The third kappa shape index (κ3) is 6.23. The molecule has 200 valence electrons. The molecule has 0 spiro atoms. The average Bonchev–Trinajstić information content (AvgIpc) is 3.01. The first-order valence-electron chi connectivity index (χ1n) is 12.8. The van der Waals surface area contributed by atoms with Crippen LogP contribution in [-0.4, -0.2) is 47.1 Å². The van der Waals surface area contributed by atoms with Crippen molar-refractivity contribution in [3.05, 3.63) is 103 Å². The number of pyridine rings is 1. The van der Waals surface area contributed by atoms with Crippen molar-refractivity contribution >= 4 is 28.8 Å². The fourth-order valence-corrected chi connectivity index (χ4v) is 4.23. The second kappa shape index (κ2) is 12.1. The van der Waals surface area contributed by atoms with Crippen molar-refractivity contribution in [2.45, 2.75) is 6.92 Å². The number of hydrogen-bond donors (Lipinski definition) is 2. The number of aromatic nitrogens is 3. The summed E-state index contributed by atoms with van der Waals surface area (Å²) in [6.07, 6.45) is 4.98. The molecule has 0 bridgehead atoms. The van der Waals surface area contributed by atoms with Gasteiger partial charge in [0.15, 0.2) is 5.84 Å². The second-order valence-electron chi connectivity index (χ2n) is 9.12. The summed E-state index contributed by atoms with van der Waals surface area (Å²) < 4.78 is 5.47. The van der Waals surface area contributed by atoms with Crippen molar-refractivity contribution in [2.24, 2.45) is 10.8 Å². The third-order valence-electron chi connectivity index (χ3n) is 6.36. The van der Waals surface area contributed by atoms with Gasteiger partial charge >= 0.3 is 0 Å². The number of ether oxygens (including phenoxy) is 1. The lowest BCUT2D eigenvalue weighted by atomic mass is 10.1. The van der Waals surface area contributed by atoms with Crippen LogP contribution in [0.25, 0.3) is 11.3 Å². The number of aryl methyl sites for hydroxylation is 1. The molecular weight excluding hydrogens is 502 g/mol. The third-order valence-corrected chi connectivity index (χ3v) is 6.36. The lowest BCUT2D eigenvalue weighted by Gasteiger charge is -2.29. The number of benzene rings is 2. The lowest BCUT2D eigenvalue weighted by molar-refractivity contribution is 0.122. The van der Waals surface area contributed by atoms with E-state index in [2.05, 4.69) is 44.0 Å². The van der Waals surface area contributed by atoms with E-state index in [4.69, 9.17) is 15.5 Å². The molecule has 1 aliphatic heterocycles. The average molecular weight is 532 g/mol. The van der Waals surface area contributed by atoms with Crippen molar-refractivity contribution in [2.75, 3.05) is 41.5 Å². The Kier molecular flexibility index (Phi) is 7.94. The van der Waals surface area contributed by atoms with E-state index < -0.39 is 0 Å². The number of nitriles is 1. The first-order chi connectivity index (χ1) is 19.5. The Labute approximate surface area is 233 Å². The summed E-state index contributed by atoms with van der Waals surface area (Å²) >= 11 is 0. The Morgan fingerprint density at radius 2 is 1.93 bits per heavy atom. The minimum atomic E-state index is 0.331. The van der Waals surface area contributed by atoms with Crippen LogP contribution in [0.2, 0.25) is 0 Å². The second-order valence-corrected chi connectivity index (χ2v) is 9.12. The number of hydrazone groups is 1. The number of amidine groups is 1. The minimum absolute atomic E-state index is 0.331. The van der Waals surface area contributed by atoms with E-state index in [1.54, 1.807) is 23.6 Å². The maximum Gasteiger partial charge on any atom is 0.227 e. The Hall–Kier alpha value is -5.27. The highest BCUT2D eigenvalue weighted by atomic mass is 16.5. The van der Waals surface area contributed by atoms with Crippen molar-refractivity contribution in [3.8, 4) is 17.3 Å². The first kappa shape index (κ1) is 26.3. The maximum atomic E-state index is 9.61. The molecule has 10 nitrogen and oxygen atoms in total. The number of rotatable bonds is 8. The number of anilines is 4. The van der Waals surface area contributed by atoms with E-state index in [9.17, 15) is 5.26 Å². The Balaban J connectivity index is 1.33. The highest BCUT2D eigenvalue weighted by Gasteiger charge is 2.14. The smallest absolute Gasteiger partial charge is 0.227 e. The quantitative estimate of drug-likeness (QED) is 0.191. The normalized spacial score (nSPS) is 13.4. The molecule has 3 heterocycles. The molecule has 3 N–H and O–H groups in total. The monoisotopic (exact) mass is 531 g/mol. The number of nitrogens with one attached hydrogen (secondary N) is 1.